The van der Waals surface area contributed by atoms with Crippen LogP contribution in [0.3, 0.4) is 0 Å². The van der Waals surface area contributed by atoms with Crippen molar-refractivity contribution >= 4 is 91.5 Å². The second-order valence-corrected chi connectivity index (χ2v) is 15.0. The largest absolute Gasteiger partial charge is 0.426 e. The van der Waals surface area contributed by atoms with Gasteiger partial charge in [0.2, 0.25) is 17.7 Å². The molecule has 0 aromatic heterocycles. The monoisotopic (exact) mass is 727 g/mol. The third-order valence-corrected chi connectivity index (χ3v) is 11.7. The number of nitrogens with one attached hydrogen (secondary N) is 1. The summed E-state index contributed by atoms with van der Waals surface area (Å²) in [7, 11) is 0. The van der Waals surface area contributed by atoms with Crippen LogP contribution in [0.15, 0.2) is 54.6 Å². The number of halogens is 2. The molecule has 4 aromatic rings. The number of benzene rings is 4. The highest BCUT2D eigenvalue weighted by atomic mass is 35.5. The molecular formula is C39H35Cl2N3O7. The third-order valence-electron chi connectivity index (χ3n) is 11.0. The van der Waals surface area contributed by atoms with Gasteiger partial charge in [0.15, 0.2) is 0 Å². The first-order valence-corrected chi connectivity index (χ1v) is 18.0. The van der Waals surface area contributed by atoms with Crippen molar-refractivity contribution in [2.45, 2.75) is 51.9 Å². The molecule has 3 fully saturated rings. The van der Waals surface area contributed by atoms with E-state index in [9.17, 15) is 24.0 Å². The zero-order valence-electron chi connectivity index (χ0n) is 28.3. The maximum Gasteiger partial charge on any atom is 0.308 e. The molecule has 9 rings (SSSR count). The van der Waals surface area contributed by atoms with Gasteiger partial charge in [0.1, 0.15) is 11.5 Å². The molecule has 1 N–H and O–H groups in total. The highest BCUT2D eigenvalue weighted by molar-refractivity contribution is 6.20. The molecule has 2 heterocycles. The third kappa shape index (κ3) is 5.09. The lowest BCUT2D eigenvalue weighted by Gasteiger charge is -2.69. The Bertz CT molecular complexity index is 2220. The fraction of sp³-hybridized carbons (Fsp3) is 0.359. The molecule has 0 radical (unpaired) electrons. The fourth-order valence-electron chi connectivity index (χ4n) is 9.09. The van der Waals surface area contributed by atoms with Crippen molar-refractivity contribution in [3.63, 3.8) is 0 Å². The minimum atomic E-state index is -0.705. The minimum Gasteiger partial charge on any atom is -0.426 e. The van der Waals surface area contributed by atoms with Crippen molar-refractivity contribution in [2.75, 3.05) is 40.0 Å². The molecule has 51 heavy (non-hydrogen) atoms. The van der Waals surface area contributed by atoms with E-state index in [1.165, 1.54) is 20.8 Å². The lowest BCUT2D eigenvalue weighted by atomic mass is 9.34. The molecular weight excluding hydrogens is 693 g/mol. The van der Waals surface area contributed by atoms with Crippen molar-refractivity contribution in [1.29, 1.82) is 0 Å². The van der Waals surface area contributed by atoms with Gasteiger partial charge in [-0.2, -0.15) is 0 Å². The number of rotatable bonds is 7. The Morgan fingerprint density at radius 3 is 1.63 bits per heavy atom. The Morgan fingerprint density at radius 2 is 1.16 bits per heavy atom. The average molecular weight is 729 g/mol. The molecule has 3 saturated carbocycles. The molecule has 1 unspecified atom stereocenters. The molecule has 3 aliphatic carbocycles. The van der Waals surface area contributed by atoms with Gasteiger partial charge in [-0.05, 0) is 59.4 Å². The number of anilines is 3. The number of fused-ring (bicyclic) bond motifs is 6. The first-order valence-electron chi connectivity index (χ1n) is 17.0. The highest BCUT2D eigenvalue weighted by Crippen LogP contribution is 2.75. The Labute approximate surface area is 303 Å². The molecule has 262 valence electrons. The van der Waals surface area contributed by atoms with Crippen LogP contribution in [-0.4, -0.2) is 54.5 Å². The van der Waals surface area contributed by atoms with Gasteiger partial charge in [0, 0.05) is 86.0 Å². The van der Waals surface area contributed by atoms with Gasteiger partial charge >= 0.3 is 11.9 Å². The van der Waals surface area contributed by atoms with Crippen LogP contribution in [-0.2, 0) is 24.0 Å². The van der Waals surface area contributed by atoms with Crippen molar-refractivity contribution in [3.05, 3.63) is 65.7 Å². The Kier molecular flexibility index (Phi) is 7.84. The van der Waals surface area contributed by atoms with E-state index in [0.29, 0.717) is 72.2 Å². The summed E-state index contributed by atoms with van der Waals surface area (Å²) in [6.45, 7) is 4.83. The first-order chi connectivity index (χ1) is 24.4. The number of esters is 2. The number of carbonyl (C=O) groups is 5. The van der Waals surface area contributed by atoms with E-state index in [2.05, 4.69) is 5.32 Å². The van der Waals surface area contributed by atoms with Crippen molar-refractivity contribution < 1.29 is 33.4 Å². The number of alkyl halides is 2. The quantitative estimate of drug-likeness (QED) is 0.123. The molecule has 0 spiro atoms. The highest BCUT2D eigenvalue weighted by Gasteiger charge is 2.76. The van der Waals surface area contributed by atoms with Gasteiger partial charge in [-0.25, -0.2) is 0 Å². The zero-order chi connectivity index (χ0) is 36.0. The second-order valence-electron chi connectivity index (χ2n) is 14.4. The zero-order valence-corrected chi connectivity index (χ0v) is 29.8. The summed E-state index contributed by atoms with van der Waals surface area (Å²) in [4.78, 5) is 68.4. The predicted molar refractivity (Wildman–Crippen MR) is 195 cm³/mol. The topological polar surface area (TPSA) is 122 Å². The Morgan fingerprint density at radius 1 is 0.686 bits per heavy atom. The predicted octanol–water partition coefficient (Wildman–Crippen LogP) is 7.01. The standard InChI is InChI=1S/C39H35Cl2N3O7/c1-20(45)42-25-8-9-27-29(10-25)35-24(14-41)16-44(31(35)12-33(27)51-22(3)47)37(49)39-17-38(18-39,19-39)36(48)43-15-23(13-40)34-28-7-5-4-6-26(28)32(11-30(34)43)50-21(2)46/h4-12,23-24H,13-19H2,1-3H3,(H,42,45)/t23?,24-,38?,39?/m1/s1. The van der Waals surface area contributed by atoms with Gasteiger partial charge in [0.05, 0.1) is 22.2 Å². The summed E-state index contributed by atoms with van der Waals surface area (Å²) in [6, 6.07) is 16.5. The van der Waals surface area contributed by atoms with Gasteiger partial charge in [-0.3, -0.25) is 24.0 Å². The number of ether oxygens (including phenoxy) is 2. The molecule has 2 aliphatic heterocycles. The van der Waals surface area contributed by atoms with Gasteiger partial charge < -0.3 is 24.6 Å². The van der Waals surface area contributed by atoms with Crippen LogP contribution in [0.2, 0.25) is 0 Å². The molecule has 5 aliphatic rings. The van der Waals surface area contributed by atoms with E-state index in [4.69, 9.17) is 32.7 Å². The van der Waals surface area contributed by atoms with E-state index in [1.807, 2.05) is 30.3 Å². The smallest absolute Gasteiger partial charge is 0.308 e. The van der Waals surface area contributed by atoms with Crippen LogP contribution in [0.25, 0.3) is 21.5 Å². The van der Waals surface area contributed by atoms with E-state index >= 15 is 0 Å². The number of nitrogens with zero attached hydrogens (tertiary/aromatic N) is 2. The number of hydrogen-bond donors (Lipinski definition) is 1. The SMILES string of the molecule is CC(=O)Nc1ccc2c(OC(C)=O)cc3c(c2c1)[C@H](CCl)CN3C(=O)C12CC(C(=O)N3CC(CCl)c4c3cc(OC(C)=O)c3ccccc43)(C1)C2. The maximum absolute atomic E-state index is 14.5. The molecule has 12 heteroatoms. The lowest BCUT2D eigenvalue weighted by Crippen LogP contribution is -2.73. The van der Waals surface area contributed by atoms with E-state index in [0.717, 1.165) is 27.3 Å². The van der Waals surface area contributed by atoms with Gasteiger partial charge in [0.25, 0.3) is 0 Å². The van der Waals surface area contributed by atoms with Gasteiger partial charge in [-0.1, -0.05) is 24.3 Å². The molecule has 2 bridgehead atoms. The van der Waals surface area contributed by atoms with Crippen LogP contribution >= 0.6 is 23.2 Å². The van der Waals surface area contributed by atoms with Crippen LogP contribution < -0.4 is 24.6 Å². The summed E-state index contributed by atoms with van der Waals surface area (Å²) in [5.74, 6) is -0.362. The normalized spacial score (nSPS) is 24.0. The molecule has 0 saturated heterocycles. The molecule has 3 amide bonds. The Hall–Kier alpha value is -4.67. The summed E-state index contributed by atoms with van der Waals surface area (Å²) >= 11 is 13.0. The number of carbonyl (C=O) groups excluding carboxylic acids is 5. The maximum atomic E-state index is 14.5. The van der Waals surface area contributed by atoms with Crippen molar-refractivity contribution in [2.24, 2.45) is 10.8 Å². The summed E-state index contributed by atoms with van der Waals surface area (Å²) in [5, 5.41) is 5.89. The van der Waals surface area contributed by atoms with E-state index < -0.39 is 22.8 Å². The van der Waals surface area contributed by atoms with Crippen LogP contribution in [0.5, 0.6) is 11.5 Å². The minimum absolute atomic E-state index is 0.0517. The van der Waals surface area contributed by atoms with Crippen LogP contribution in [0.1, 0.15) is 63.0 Å². The fourth-order valence-corrected chi connectivity index (χ4v) is 9.59. The average Bonchev–Trinajstić information content (AvgIpc) is 3.61. The lowest BCUT2D eigenvalue weighted by molar-refractivity contribution is -0.205. The molecule has 2 atom stereocenters. The second kappa shape index (κ2) is 12.0. The van der Waals surface area contributed by atoms with E-state index in [1.54, 1.807) is 34.1 Å². The summed E-state index contributed by atoms with van der Waals surface area (Å²) in [5.41, 5.74) is 2.29. The molecule has 10 nitrogen and oxygen atoms in total. The summed E-state index contributed by atoms with van der Waals surface area (Å²) < 4.78 is 11.2. The first kappa shape index (κ1) is 33.5. The van der Waals surface area contributed by atoms with Crippen LogP contribution in [0.4, 0.5) is 17.1 Å². The molecule has 4 aromatic carbocycles. The van der Waals surface area contributed by atoms with Crippen molar-refractivity contribution in [1.82, 2.24) is 0 Å². The Balaban J connectivity index is 1.10. The van der Waals surface area contributed by atoms with E-state index in [-0.39, 0.29) is 35.4 Å². The van der Waals surface area contributed by atoms with Crippen LogP contribution in [0, 0.1) is 10.8 Å². The number of hydrogen-bond acceptors (Lipinski definition) is 7. The summed E-state index contributed by atoms with van der Waals surface area (Å²) in [6.07, 6.45) is 1.23. The van der Waals surface area contributed by atoms with Gasteiger partial charge in [-0.15, -0.1) is 23.2 Å². The number of amides is 3. The van der Waals surface area contributed by atoms with Crippen molar-refractivity contribution in [3.8, 4) is 11.5 Å².